The molecule has 1 heteroatoms. The van der Waals surface area contributed by atoms with E-state index in [1.54, 1.807) is 0 Å². The molecule has 1 rings (SSSR count). The summed E-state index contributed by atoms with van der Waals surface area (Å²) in [7, 11) is 0. The monoisotopic (exact) mass is 220 g/mol. The van der Waals surface area contributed by atoms with E-state index in [0.29, 0.717) is 11.2 Å². The van der Waals surface area contributed by atoms with E-state index in [1.165, 1.54) is 5.56 Å². The van der Waals surface area contributed by atoms with Crippen LogP contribution in [0.1, 0.15) is 52.2 Å². The van der Waals surface area contributed by atoms with Gasteiger partial charge in [0.05, 0.1) is 0 Å². The highest BCUT2D eigenvalue weighted by molar-refractivity contribution is 5.38. The molecule has 0 saturated heterocycles. The molecule has 1 N–H and O–H groups in total. The molecule has 16 heavy (non-hydrogen) atoms. The van der Waals surface area contributed by atoms with Crippen LogP contribution in [0.25, 0.3) is 0 Å². The van der Waals surface area contributed by atoms with Gasteiger partial charge in [0, 0.05) is 0 Å². The molecule has 0 unspecified atom stereocenters. The topological polar surface area (TPSA) is 20.2 Å². The van der Waals surface area contributed by atoms with Crippen LogP contribution in [0.2, 0.25) is 0 Å². The second kappa shape index (κ2) is 4.12. The normalized spacial score (nSPS) is 12.9. The average Bonchev–Trinajstić information content (AvgIpc) is 2.05. The maximum absolute atomic E-state index is 9.76. The SMILES string of the molecule is Cc1ccc(C(C)(C)CC(C)(C)C)cc1O. The van der Waals surface area contributed by atoms with Gasteiger partial charge in [-0.3, -0.25) is 0 Å². The molecular weight excluding hydrogens is 196 g/mol. The van der Waals surface area contributed by atoms with Crippen molar-refractivity contribution in [1.82, 2.24) is 0 Å². The largest absolute Gasteiger partial charge is 0.508 e. The minimum atomic E-state index is 0.101. The van der Waals surface area contributed by atoms with Crippen molar-refractivity contribution < 1.29 is 5.11 Å². The van der Waals surface area contributed by atoms with E-state index in [4.69, 9.17) is 0 Å². The summed E-state index contributed by atoms with van der Waals surface area (Å²) in [6.07, 6.45) is 1.10. The van der Waals surface area contributed by atoms with Crippen molar-refractivity contribution in [2.45, 2.75) is 53.4 Å². The number of aromatic hydroxyl groups is 1. The molecular formula is C15H24O. The first-order valence-corrected chi connectivity index (χ1v) is 5.92. The standard InChI is InChI=1S/C15H24O/c1-11-7-8-12(9-13(11)16)15(5,6)10-14(2,3)4/h7-9,16H,10H2,1-6H3. The Labute approximate surface area is 99.5 Å². The van der Waals surface area contributed by atoms with Crippen LogP contribution in [0.5, 0.6) is 5.75 Å². The third-order valence-electron chi connectivity index (χ3n) is 2.96. The molecule has 0 saturated carbocycles. The van der Waals surface area contributed by atoms with Crippen molar-refractivity contribution in [2.75, 3.05) is 0 Å². The molecule has 0 aromatic heterocycles. The second-order valence-electron chi connectivity index (χ2n) is 6.62. The molecule has 0 bridgehead atoms. The molecule has 0 aliphatic heterocycles. The molecule has 0 fully saturated rings. The third-order valence-corrected chi connectivity index (χ3v) is 2.96. The summed E-state index contributed by atoms with van der Waals surface area (Å²) in [5, 5.41) is 9.76. The zero-order valence-electron chi connectivity index (χ0n) is 11.4. The molecule has 0 atom stereocenters. The van der Waals surface area contributed by atoms with Gasteiger partial charge in [-0.05, 0) is 41.4 Å². The number of rotatable bonds is 2. The van der Waals surface area contributed by atoms with Gasteiger partial charge in [-0.1, -0.05) is 46.8 Å². The number of benzene rings is 1. The van der Waals surface area contributed by atoms with E-state index >= 15 is 0 Å². The van der Waals surface area contributed by atoms with E-state index in [2.05, 4.69) is 40.7 Å². The molecule has 0 heterocycles. The van der Waals surface area contributed by atoms with Crippen LogP contribution in [-0.4, -0.2) is 5.11 Å². The van der Waals surface area contributed by atoms with Crippen molar-refractivity contribution in [3.8, 4) is 5.75 Å². The van der Waals surface area contributed by atoms with Crippen molar-refractivity contribution in [1.29, 1.82) is 0 Å². The zero-order chi connectivity index (χ0) is 12.6. The Hall–Kier alpha value is -0.980. The predicted octanol–water partition coefficient (Wildman–Crippen LogP) is 4.41. The highest BCUT2D eigenvalue weighted by atomic mass is 16.3. The summed E-state index contributed by atoms with van der Waals surface area (Å²) in [4.78, 5) is 0. The maximum Gasteiger partial charge on any atom is 0.118 e. The van der Waals surface area contributed by atoms with Crippen LogP contribution in [0.15, 0.2) is 18.2 Å². The average molecular weight is 220 g/mol. The third kappa shape index (κ3) is 3.26. The molecule has 0 radical (unpaired) electrons. The van der Waals surface area contributed by atoms with Crippen molar-refractivity contribution in [2.24, 2.45) is 5.41 Å². The zero-order valence-corrected chi connectivity index (χ0v) is 11.4. The lowest BCUT2D eigenvalue weighted by atomic mass is 9.72. The smallest absolute Gasteiger partial charge is 0.118 e. The van der Waals surface area contributed by atoms with Gasteiger partial charge in [-0.15, -0.1) is 0 Å². The maximum atomic E-state index is 9.76. The Kier molecular flexibility index (Phi) is 3.37. The van der Waals surface area contributed by atoms with E-state index in [-0.39, 0.29) is 5.41 Å². The fourth-order valence-corrected chi connectivity index (χ4v) is 2.46. The Morgan fingerprint density at radius 2 is 1.62 bits per heavy atom. The number of phenolic OH excluding ortho intramolecular Hbond substituents is 1. The Morgan fingerprint density at radius 3 is 2.06 bits per heavy atom. The summed E-state index contributed by atoms with van der Waals surface area (Å²) < 4.78 is 0. The summed E-state index contributed by atoms with van der Waals surface area (Å²) >= 11 is 0. The number of hydrogen-bond donors (Lipinski definition) is 1. The van der Waals surface area contributed by atoms with Gasteiger partial charge in [0.1, 0.15) is 5.75 Å². The minimum Gasteiger partial charge on any atom is -0.508 e. The fourth-order valence-electron chi connectivity index (χ4n) is 2.46. The molecule has 1 aromatic rings. The summed E-state index contributed by atoms with van der Waals surface area (Å²) in [6, 6.07) is 6.02. The molecule has 0 spiro atoms. The second-order valence-corrected chi connectivity index (χ2v) is 6.62. The van der Waals surface area contributed by atoms with Crippen LogP contribution in [0.4, 0.5) is 0 Å². The fraction of sp³-hybridized carbons (Fsp3) is 0.600. The molecule has 0 aliphatic rings. The van der Waals surface area contributed by atoms with Crippen LogP contribution < -0.4 is 0 Å². The van der Waals surface area contributed by atoms with Gasteiger partial charge in [0.25, 0.3) is 0 Å². The van der Waals surface area contributed by atoms with E-state index < -0.39 is 0 Å². The molecule has 1 nitrogen and oxygen atoms in total. The van der Waals surface area contributed by atoms with Crippen LogP contribution >= 0.6 is 0 Å². The van der Waals surface area contributed by atoms with Crippen molar-refractivity contribution in [3.63, 3.8) is 0 Å². The Balaban J connectivity index is 3.02. The highest BCUT2D eigenvalue weighted by Gasteiger charge is 2.27. The summed E-state index contributed by atoms with van der Waals surface area (Å²) in [5.74, 6) is 0.402. The van der Waals surface area contributed by atoms with Gasteiger partial charge in [0.15, 0.2) is 0 Å². The lowest BCUT2D eigenvalue weighted by Crippen LogP contribution is -2.24. The molecule has 1 aromatic carbocycles. The number of phenols is 1. The Morgan fingerprint density at radius 1 is 1.06 bits per heavy atom. The van der Waals surface area contributed by atoms with Gasteiger partial charge >= 0.3 is 0 Å². The molecule has 0 aliphatic carbocycles. The van der Waals surface area contributed by atoms with Gasteiger partial charge in [0.2, 0.25) is 0 Å². The van der Waals surface area contributed by atoms with Crippen LogP contribution in [-0.2, 0) is 5.41 Å². The quantitative estimate of drug-likeness (QED) is 0.782. The lowest BCUT2D eigenvalue weighted by Gasteiger charge is -2.33. The van der Waals surface area contributed by atoms with E-state index in [0.717, 1.165) is 12.0 Å². The summed E-state index contributed by atoms with van der Waals surface area (Å²) in [5.41, 5.74) is 2.55. The van der Waals surface area contributed by atoms with Crippen molar-refractivity contribution in [3.05, 3.63) is 29.3 Å². The highest BCUT2D eigenvalue weighted by Crippen LogP contribution is 2.37. The Bertz CT molecular complexity index is 370. The molecule has 90 valence electrons. The first kappa shape index (κ1) is 13.1. The van der Waals surface area contributed by atoms with Crippen LogP contribution in [0, 0.1) is 12.3 Å². The minimum absolute atomic E-state index is 0.101. The van der Waals surface area contributed by atoms with E-state index in [9.17, 15) is 5.11 Å². The van der Waals surface area contributed by atoms with Gasteiger partial charge in [-0.2, -0.15) is 0 Å². The molecule has 0 amide bonds. The van der Waals surface area contributed by atoms with Gasteiger partial charge < -0.3 is 5.11 Å². The van der Waals surface area contributed by atoms with Crippen molar-refractivity contribution >= 4 is 0 Å². The first-order valence-electron chi connectivity index (χ1n) is 5.92. The van der Waals surface area contributed by atoms with Gasteiger partial charge in [-0.25, -0.2) is 0 Å². The predicted molar refractivity (Wildman–Crippen MR) is 69.9 cm³/mol. The van der Waals surface area contributed by atoms with E-state index in [1.807, 2.05) is 19.1 Å². The number of aryl methyl sites for hydroxylation is 1. The lowest BCUT2D eigenvalue weighted by molar-refractivity contribution is 0.283. The number of hydrogen-bond acceptors (Lipinski definition) is 1. The van der Waals surface area contributed by atoms with Crippen LogP contribution in [0.3, 0.4) is 0 Å². The summed E-state index contributed by atoms with van der Waals surface area (Å²) in [6.45, 7) is 13.2. The first-order chi connectivity index (χ1) is 7.12.